The van der Waals surface area contributed by atoms with E-state index in [4.69, 9.17) is 17.3 Å². The Labute approximate surface area is 101 Å². The van der Waals surface area contributed by atoms with Crippen molar-refractivity contribution in [3.63, 3.8) is 0 Å². The van der Waals surface area contributed by atoms with Crippen molar-refractivity contribution in [2.45, 2.75) is 18.4 Å². The van der Waals surface area contributed by atoms with Gasteiger partial charge in [-0.05, 0) is 31.0 Å². The molecule has 88 valence electrons. The topological polar surface area (TPSA) is 49.5 Å². The van der Waals surface area contributed by atoms with Gasteiger partial charge in [-0.1, -0.05) is 17.7 Å². The van der Waals surface area contributed by atoms with E-state index in [-0.39, 0.29) is 0 Å². The molecule has 0 unspecified atom stereocenters. The number of rotatable bonds is 2. The van der Waals surface area contributed by atoms with Crippen LogP contribution in [0.5, 0.6) is 0 Å². The molecule has 1 aromatic rings. The van der Waals surface area contributed by atoms with Gasteiger partial charge in [0.2, 0.25) is 0 Å². The fraction of sp³-hybridized carbons (Fsp3) is 0.500. The van der Waals surface area contributed by atoms with Crippen LogP contribution in [0.3, 0.4) is 0 Å². The molecule has 1 aromatic carbocycles. The van der Waals surface area contributed by atoms with E-state index in [9.17, 15) is 5.11 Å². The molecule has 0 bridgehead atoms. The van der Waals surface area contributed by atoms with Crippen LogP contribution in [0.15, 0.2) is 24.3 Å². The zero-order valence-corrected chi connectivity index (χ0v) is 9.95. The molecule has 0 atom stereocenters. The number of nitrogens with two attached hydrogens (primary N) is 1. The first-order valence-electron chi connectivity index (χ1n) is 5.56. The summed E-state index contributed by atoms with van der Waals surface area (Å²) in [4.78, 5) is 2.23. The maximum atomic E-state index is 10.0. The minimum Gasteiger partial charge on any atom is -0.388 e. The van der Waals surface area contributed by atoms with Crippen LogP contribution >= 0.6 is 11.6 Å². The quantitative estimate of drug-likeness (QED) is 0.826. The summed E-state index contributed by atoms with van der Waals surface area (Å²) >= 11 is 5.95. The standard InChI is InChI=1S/C12H17ClN2O/c13-10-2-1-3-11(8-10)15-6-4-12(16,9-14)5-7-15/h1-3,8,16H,4-7,9,14H2. The van der Waals surface area contributed by atoms with Gasteiger partial charge in [0.25, 0.3) is 0 Å². The first-order chi connectivity index (χ1) is 7.63. The van der Waals surface area contributed by atoms with Gasteiger partial charge in [-0.3, -0.25) is 0 Å². The van der Waals surface area contributed by atoms with Crippen LogP contribution in [0.2, 0.25) is 5.02 Å². The molecule has 0 saturated carbocycles. The second kappa shape index (κ2) is 4.62. The van der Waals surface area contributed by atoms with Crippen LogP contribution in [-0.2, 0) is 0 Å². The molecule has 1 aliphatic heterocycles. The number of nitrogens with zero attached hydrogens (tertiary/aromatic N) is 1. The Morgan fingerprint density at radius 1 is 1.38 bits per heavy atom. The maximum Gasteiger partial charge on any atom is 0.0803 e. The summed E-state index contributed by atoms with van der Waals surface area (Å²) in [5.74, 6) is 0. The molecular weight excluding hydrogens is 224 g/mol. The third-order valence-electron chi connectivity index (χ3n) is 3.25. The molecule has 3 N–H and O–H groups in total. The van der Waals surface area contributed by atoms with Gasteiger partial charge in [-0.15, -0.1) is 0 Å². The second-order valence-electron chi connectivity index (χ2n) is 4.40. The molecule has 2 rings (SSSR count). The van der Waals surface area contributed by atoms with Crippen molar-refractivity contribution in [1.29, 1.82) is 0 Å². The van der Waals surface area contributed by atoms with E-state index in [1.54, 1.807) is 0 Å². The van der Waals surface area contributed by atoms with E-state index < -0.39 is 5.60 Å². The smallest absolute Gasteiger partial charge is 0.0803 e. The van der Waals surface area contributed by atoms with Gasteiger partial charge in [0.1, 0.15) is 0 Å². The lowest BCUT2D eigenvalue weighted by molar-refractivity contribution is 0.0250. The van der Waals surface area contributed by atoms with Crippen molar-refractivity contribution in [2.75, 3.05) is 24.5 Å². The summed E-state index contributed by atoms with van der Waals surface area (Å²) in [6, 6.07) is 7.81. The molecule has 4 heteroatoms. The third kappa shape index (κ3) is 2.48. The third-order valence-corrected chi connectivity index (χ3v) is 3.48. The number of hydrogen-bond donors (Lipinski definition) is 2. The monoisotopic (exact) mass is 240 g/mol. The summed E-state index contributed by atoms with van der Waals surface area (Å²) < 4.78 is 0. The molecule has 0 spiro atoms. The molecule has 1 aliphatic rings. The molecule has 1 fully saturated rings. The van der Waals surface area contributed by atoms with Crippen LogP contribution in [0.25, 0.3) is 0 Å². The Hall–Kier alpha value is -0.770. The van der Waals surface area contributed by atoms with Crippen molar-refractivity contribution in [3.8, 4) is 0 Å². The average molecular weight is 241 g/mol. The Morgan fingerprint density at radius 2 is 2.06 bits per heavy atom. The van der Waals surface area contributed by atoms with Crippen molar-refractivity contribution in [2.24, 2.45) is 5.73 Å². The van der Waals surface area contributed by atoms with Crippen LogP contribution < -0.4 is 10.6 Å². The van der Waals surface area contributed by atoms with Gasteiger partial charge < -0.3 is 15.7 Å². The van der Waals surface area contributed by atoms with Crippen LogP contribution in [0.4, 0.5) is 5.69 Å². The summed E-state index contributed by atoms with van der Waals surface area (Å²) in [7, 11) is 0. The highest BCUT2D eigenvalue weighted by Crippen LogP contribution is 2.27. The van der Waals surface area contributed by atoms with E-state index in [1.807, 2.05) is 24.3 Å². The summed E-state index contributed by atoms with van der Waals surface area (Å²) in [6.07, 6.45) is 1.44. The van der Waals surface area contributed by atoms with E-state index in [2.05, 4.69) is 4.90 Å². The highest BCUT2D eigenvalue weighted by molar-refractivity contribution is 6.30. The summed E-state index contributed by atoms with van der Waals surface area (Å²) in [5.41, 5.74) is 6.00. The lowest BCUT2D eigenvalue weighted by Crippen LogP contribution is -2.48. The average Bonchev–Trinajstić information content (AvgIpc) is 2.30. The second-order valence-corrected chi connectivity index (χ2v) is 4.83. The van der Waals surface area contributed by atoms with Gasteiger partial charge in [-0.2, -0.15) is 0 Å². The first kappa shape index (κ1) is 11.7. The van der Waals surface area contributed by atoms with Crippen LogP contribution in [0, 0.1) is 0 Å². The predicted molar refractivity (Wildman–Crippen MR) is 66.9 cm³/mol. The molecule has 0 radical (unpaired) electrons. The van der Waals surface area contributed by atoms with Gasteiger partial charge in [0.05, 0.1) is 5.60 Å². The Balaban J connectivity index is 2.04. The number of hydrogen-bond acceptors (Lipinski definition) is 3. The fourth-order valence-corrected chi connectivity index (χ4v) is 2.24. The molecule has 16 heavy (non-hydrogen) atoms. The molecule has 1 saturated heterocycles. The highest BCUT2D eigenvalue weighted by Gasteiger charge is 2.30. The largest absolute Gasteiger partial charge is 0.388 e. The minimum absolute atomic E-state index is 0.344. The lowest BCUT2D eigenvalue weighted by Gasteiger charge is -2.38. The van der Waals surface area contributed by atoms with Crippen LogP contribution in [0.1, 0.15) is 12.8 Å². The van der Waals surface area contributed by atoms with Crippen LogP contribution in [-0.4, -0.2) is 30.3 Å². The van der Waals surface area contributed by atoms with Crippen molar-refractivity contribution in [3.05, 3.63) is 29.3 Å². The summed E-state index contributed by atoms with van der Waals surface area (Å²) in [6.45, 7) is 2.00. The van der Waals surface area contributed by atoms with E-state index in [0.717, 1.165) is 36.6 Å². The number of aliphatic hydroxyl groups is 1. The summed E-state index contributed by atoms with van der Waals surface area (Å²) in [5, 5.41) is 10.8. The fourth-order valence-electron chi connectivity index (χ4n) is 2.06. The van der Waals surface area contributed by atoms with E-state index in [1.165, 1.54) is 0 Å². The highest BCUT2D eigenvalue weighted by atomic mass is 35.5. The molecular formula is C12H17ClN2O. The normalized spacial score (nSPS) is 19.8. The van der Waals surface area contributed by atoms with Gasteiger partial charge in [-0.25, -0.2) is 0 Å². The number of piperidine rings is 1. The Morgan fingerprint density at radius 3 is 2.62 bits per heavy atom. The molecule has 3 nitrogen and oxygen atoms in total. The van der Waals surface area contributed by atoms with Gasteiger partial charge in [0.15, 0.2) is 0 Å². The Bertz CT molecular complexity index is 362. The maximum absolute atomic E-state index is 10.0. The minimum atomic E-state index is -0.672. The number of benzene rings is 1. The molecule has 0 aliphatic carbocycles. The zero-order valence-electron chi connectivity index (χ0n) is 9.19. The Kier molecular flexibility index (Phi) is 3.38. The van der Waals surface area contributed by atoms with E-state index in [0.29, 0.717) is 6.54 Å². The lowest BCUT2D eigenvalue weighted by atomic mass is 9.91. The number of anilines is 1. The SMILES string of the molecule is NCC1(O)CCN(c2cccc(Cl)c2)CC1. The van der Waals surface area contributed by atoms with Gasteiger partial charge in [0, 0.05) is 30.3 Å². The zero-order chi connectivity index (χ0) is 11.6. The first-order valence-corrected chi connectivity index (χ1v) is 5.94. The number of halogens is 1. The van der Waals surface area contributed by atoms with Crippen molar-refractivity contribution >= 4 is 17.3 Å². The van der Waals surface area contributed by atoms with Crippen molar-refractivity contribution in [1.82, 2.24) is 0 Å². The van der Waals surface area contributed by atoms with Gasteiger partial charge >= 0.3 is 0 Å². The molecule has 0 aromatic heterocycles. The molecule has 1 heterocycles. The molecule has 0 amide bonds. The van der Waals surface area contributed by atoms with Crippen molar-refractivity contribution < 1.29 is 5.11 Å². The predicted octanol–water partition coefficient (Wildman–Crippen LogP) is 1.63. The van der Waals surface area contributed by atoms with E-state index >= 15 is 0 Å².